The van der Waals surface area contributed by atoms with Crippen LogP contribution in [-0.4, -0.2) is 61.5 Å². The monoisotopic (exact) mass is 381 g/mol. The van der Waals surface area contributed by atoms with Crippen LogP contribution in [-0.2, 0) is 16.0 Å². The van der Waals surface area contributed by atoms with Gasteiger partial charge in [0.25, 0.3) is 0 Å². The third-order valence-electron chi connectivity index (χ3n) is 6.31. The largest absolute Gasteiger partial charge is 0.360 e. The molecule has 1 aromatic carbocycles. The van der Waals surface area contributed by atoms with Gasteiger partial charge >= 0.3 is 0 Å². The summed E-state index contributed by atoms with van der Waals surface area (Å²) >= 11 is 0. The summed E-state index contributed by atoms with van der Waals surface area (Å²) in [5.41, 5.74) is 2.01. The number of likely N-dealkylation sites (N-methyl/N-ethyl adjacent to an activating group) is 1. The van der Waals surface area contributed by atoms with Gasteiger partial charge in [-0.2, -0.15) is 5.26 Å². The van der Waals surface area contributed by atoms with E-state index in [1.54, 1.807) is 4.90 Å². The topological polar surface area (TPSA) is 88.5 Å². The van der Waals surface area contributed by atoms with Crippen molar-refractivity contribution in [1.82, 2.24) is 15.5 Å². The van der Waals surface area contributed by atoms with Gasteiger partial charge in [-0.15, -0.1) is 0 Å². The third kappa shape index (κ3) is 3.83. The zero-order valence-corrected chi connectivity index (χ0v) is 16.2. The molecule has 7 nitrogen and oxygen atoms in total. The zero-order valence-electron chi connectivity index (χ0n) is 16.2. The molecule has 1 saturated carbocycles. The summed E-state index contributed by atoms with van der Waals surface area (Å²) in [6.45, 7) is 1.93. The molecule has 1 aliphatic carbocycles. The number of nitrogens with one attached hydrogen (secondary N) is 2. The maximum absolute atomic E-state index is 12.5. The van der Waals surface area contributed by atoms with Crippen LogP contribution in [0.15, 0.2) is 24.3 Å². The smallest absolute Gasteiger partial charge is 0.241 e. The molecule has 0 aromatic heterocycles. The lowest BCUT2D eigenvalue weighted by Gasteiger charge is -2.33. The van der Waals surface area contributed by atoms with Crippen LogP contribution in [0.2, 0.25) is 0 Å². The van der Waals surface area contributed by atoms with Gasteiger partial charge in [-0.05, 0) is 42.9 Å². The number of piperidine rings is 1. The van der Waals surface area contributed by atoms with Crippen molar-refractivity contribution in [3.63, 3.8) is 0 Å². The van der Waals surface area contributed by atoms with Crippen LogP contribution in [0.4, 0.5) is 5.69 Å². The number of benzene rings is 1. The van der Waals surface area contributed by atoms with Gasteiger partial charge in [-0.1, -0.05) is 12.1 Å². The molecule has 1 aromatic rings. The summed E-state index contributed by atoms with van der Waals surface area (Å²) in [5, 5.41) is 15.8. The van der Waals surface area contributed by atoms with Crippen LogP contribution in [0.1, 0.15) is 24.8 Å². The number of nitriles is 1. The molecule has 2 N–H and O–H groups in total. The minimum atomic E-state index is -0.538. The van der Waals surface area contributed by atoms with Crippen molar-refractivity contribution in [2.24, 2.45) is 5.92 Å². The highest BCUT2D eigenvalue weighted by molar-refractivity contribution is 5.83. The quantitative estimate of drug-likeness (QED) is 0.782. The van der Waals surface area contributed by atoms with Crippen LogP contribution in [0, 0.1) is 17.2 Å². The molecular formula is C21H27N5O2. The molecule has 148 valence electrons. The molecule has 2 amide bonds. The standard InChI is InChI=1S/C21H27N5O2/c1-25-8-9-26(13-19(25)27)18-6-2-14(3-7-18)10-17(12-22)24-21(28)20-15-4-5-16(11-15)23-20/h2-3,6-7,15-17,20,23H,4-5,8-11,13H2,1H3,(H,24,28)/t15-,16?,17-,20-/m0/s1. The number of fused-ring (bicyclic) bond motifs is 2. The molecule has 0 spiro atoms. The summed E-state index contributed by atoms with van der Waals surface area (Å²) in [7, 11) is 1.82. The fraction of sp³-hybridized carbons (Fsp3) is 0.571. The average Bonchev–Trinajstić information content (AvgIpc) is 3.34. The minimum absolute atomic E-state index is 0.0497. The summed E-state index contributed by atoms with van der Waals surface area (Å²) in [6, 6.07) is 9.93. The first-order valence-corrected chi connectivity index (χ1v) is 10.1. The SMILES string of the molecule is CN1CCN(c2ccc(C[C@@H](C#N)NC(=O)[C@H]3NC4CC[C@H]3C4)cc2)CC1=O. The van der Waals surface area contributed by atoms with Crippen molar-refractivity contribution in [1.29, 1.82) is 5.26 Å². The molecule has 1 unspecified atom stereocenters. The van der Waals surface area contributed by atoms with Crippen molar-refractivity contribution in [3.8, 4) is 6.07 Å². The molecular weight excluding hydrogens is 354 g/mol. The third-order valence-corrected chi connectivity index (χ3v) is 6.31. The fourth-order valence-corrected chi connectivity index (χ4v) is 4.60. The molecule has 3 fully saturated rings. The van der Waals surface area contributed by atoms with Crippen molar-refractivity contribution in [3.05, 3.63) is 29.8 Å². The van der Waals surface area contributed by atoms with Crippen LogP contribution in [0.5, 0.6) is 0 Å². The number of anilines is 1. The number of piperazine rings is 1. The van der Waals surface area contributed by atoms with E-state index in [0.29, 0.717) is 24.9 Å². The Kier molecular flexibility index (Phi) is 5.23. The molecule has 2 saturated heterocycles. The van der Waals surface area contributed by atoms with E-state index in [-0.39, 0.29) is 17.9 Å². The Morgan fingerprint density at radius 3 is 2.71 bits per heavy atom. The number of carbonyl (C=O) groups is 2. The fourth-order valence-electron chi connectivity index (χ4n) is 4.60. The molecule has 28 heavy (non-hydrogen) atoms. The summed E-state index contributed by atoms with van der Waals surface area (Å²) in [4.78, 5) is 28.2. The summed E-state index contributed by atoms with van der Waals surface area (Å²) in [5.74, 6) is 0.484. The van der Waals surface area contributed by atoms with Gasteiger partial charge in [-0.25, -0.2) is 0 Å². The Bertz CT molecular complexity index is 787. The van der Waals surface area contributed by atoms with Gasteiger partial charge in [0.1, 0.15) is 6.04 Å². The Labute approximate surface area is 165 Å². The lowest BCUT2D eigenvalue weighted by atomic mass is 9.98. The van der Waals surface area contributed by atoms with Crippen LogP contribution in [0.3, 0.4) is 0 Å². The van der Waals surface area contributed by atoms with E-state index >= 15 is 0 Å². The number of nitrogens with zero attached hydrogens (tertiary/aromatic N) is 3. The van der Waals surface area contributed by atoms with E-state index < -0.39 is 6.04 Å². The molecule has 4 rings (SSSR count). The molecule has 0 radical (unpaired) electrons. The molecule has 3 aliphatic rings. The van der Waals surface area contributed by atoms with Gasteiger partial charge in [-0.3, -0.25) is 9.59 Å². The highest BCUT2D eigenvalue weighted by Crippen LogP contribution is 2.35. The van der Waals surface area contributed by atoms with Crippen LogP contribution in [0.25, 0.3) is 0 Å². The second-order valence-corrected chi connectivity index (χ2v) is 8.21. The first-order valence-electron chi connectivity index (χ1n) is 10.1. The Hall–Kier alpha value is -2.59. The van der Waals surface area contributed by atoms with E-state index in [2.05, 4.69) is 21.6 Å². The average molecular weight is 381 g/mol. The Balaban J connectivity index is 1.33. The normalized spacial score (nSPS) is 27.6. The summed E-state index contributed by atoms with van der Waals surface area (Å²) < 4.78 is 0. The lowest BCUT2D eigenvalue weighted by molar-refractivity contribution is -0.129. The zero-order chi connectivity index (χ0) is 19.7. The van der Waals surface area contributed by atoms with Gasteiger partial charge < -0.3 is 20.4 Å². The predicted octanol–water partition coefficient (Wildman–Crippen LogP) is 0.656. The van der Waals surface area contributed by atoms with E-state index in [1.165, 1.54) is 0 Å². The molecule has 2 bridgehead atoms. The Morgan fingerprint density at radius 1 is 1.32 bits per heavy atom. The van der Waals surface area contributed by atoms with Crippen molar-refractivity contribution >= 4 is 17.5 Å². The second kappa shape index (κ2) is 7.80. The Morgan fingerprint density at radius 2 is 2.11 bits per heavy atom. The number of hydrogen-bond donors (Lipinski definition) is 2. The predicted molar refractivity (Wildman–Crippen MR) is 106 cm³/mol. The van der Waals surface area contributed by atoms with Gasteiger partial charge in [0.15, 0.2) is 0 Å². The van der Waals surface area contributed by atoms with Crippen LogP contribution < -0.4 is 15.5 Å². The number of rotatable bonds is 5. The maximum atomic E-state index is 12.5. The van der Waals surface area contributed by atoms with Gasteiger partial charge in [0.05, 0.1) is 18.7 Å². The van der Waals surface area contributed by atoms with E-state index in [1.807, 2.05) is 31.3 Å². The maximum Gasteiger partial charge on any atom is 0.241 e. The molecule has 2 aliphatic heterocycles. The first-order chi connectivity index (χ1) is 13.5. The van der Waals surface area contributed by atoms with E-state index in [0.717, 1.165) is 43.6 Å². The van der Waals surface area contributed by atoms with Crippen LogP contribution >= 0.6 is 0 Å². The number of carbonyl (C=O) groups excluding carboxylic acids is 2. The highest BCUT2D eigenvalue weighted by Gasteiger charge is 2.43. The van der Waals surface area contributed by atoms with Gasteiger partial charge in [0.2, 0.25) is 11.8 Å². The van der Waals surface area contributed by atoms with E-state index in [4.69, 9.17) is 0 Å². The van der Waals surface area contributed by atoms with E-state index in [9.17, 15) is 14.9 Å². The molecule has 7 heteroatoms. The number of hydrogen-bond acceptors (Lipinski definition) is 5. The highest BCUT2D eigenvalue weighted by atomic mass is 16.2. The van der Waals surface area contributed by atoms with Crippen molar-refractivity contribution in [2.75, 3.05) is 31.6 Å². The molecule has 4 atom stereocenters. The lowest BCUT2D eigenvalue weighted by Crippen LogP contribution is -2.50. The minimum Gasteiger partial charge on any atom is -0.360 e. The second-order valence-electron chi connectivity index (χ2n) is 8.21. The van der Waals surface area contributed by atoms with Crippen molar-refractivity contribution < 1.29 is 9.59 Å². The summed E-state index contributed by atoms with van der Waals surface area (Å²) in [6.07, 6.45) is 3.81. The number of amides is 2. The first kappa shape index (κ1) is 18.8. The van der Waals surface area contributed by atoms with Gasteiger partial charge in [0, 0.05) is 38.3 Å². The molecule has 2 heterocycles. The van der Waals surface area contributed by atoms with Crippen molar-refractivity contribution in [2.45, 2.75) is 43.8 Å².